The molecule has 0 aliphatic carbocycles. The monoisotopic (exact) mass is 381 g/mol. The van der Waals surface area contributed by atoms with Gasteiger partial charge in [0, 0.05) is 19.0 Å². The van der Waals surface area contributed by atoms with Crippen molar-refractivity contribution in [2.24, 2.45) is 11.7 Å². The van der Waals surface area contributed by atoms with Crippen LogP contribution in [0.3, 0.4) is 0 Å². The van der Waals surface area contributed by atoms with E-state index in [9.17, 15) is 18.0 Å². The van der Waals surface area contributed by atoms with Crippen molar-refractivity contribution < 1.29 is 18.0 Å². The minimum atomic E-state index is -3.64. The summed E-state index contributed by atoms with van der Waals surface area (Å²) in [4.78, 5) is 26.0. The zero-order valence-corrected chi connectivity index (χ0v) is 16.3. The summed E-state index contributed by atoms with van der Waals surface area (Å²) >= 11 is 0. The van der Waals surface area contributed by atoms with Crippen LogP contribution in [0.15, 0.2) is 24.3 Å². The second-order valence-corrected chi connectivity index (χ2v) is 8.68. The molecule has 1 fully saturated rings. The van der Waals surface area contributed by atoms with Crippen molar-refractivity contribution in [1.82, 2.24) is 4.90 Å². The van der Waals surface area contributed by atoms with Crippen LogP contribution in [0, 0.1) is 12.8 Å². The molecule has 1 aromatic rings. The van der Waals surface area contributed by atoms with Gasteiger partial charge in [-0.1, -0.05) is 24.6 Å². The highest BCUT2D eigenvalue weighted by Crippen LogP contribution is 2.25. The van der Waals surface area contributed by atoms with E-state index in [-0.39, 0.29) is 17.7 Å². The number of sulfonamides is 1. The summed E-state index contributed by atoms with van der Waals surface area (Å²) in [6, 6.07) is 6.27. The number of rotatable bonds is 6. The molecule has 8 heteroatoms. The smallest absolute Gasteiger partial charge is 0.246 e. The molecular formula is C18H27N3O4S. The summed E-state index contributed by atoms with van der Waals surface area (Å²) in [5, 5.41) is 0. The molecule has 144 valence electrons. The van der Waals surface area contributed by atoms with Crippen LogP contribution in [0.5, 0.6) is 0 Å². The number of primary amides is 1. The molecule has 2 rings (SSSR count). The van der Waals surface area contributed by atoms with Gasteiger partial charge in [-0.3, -0.25) is 13.9 Å². The number of benzene rings is 1. The van der Waals surface area contributed by atoms with Gasteiger partial charge in [0.25, 0.3) is 0 Å². The Morgan fingerprint density at radius 3 is 2.19 bits per heavy atom. The van der Waals surface area contributed by atoms with Crippen LogP contribution in [0.2, 0.25) is 0 Å². The fourth-order valence-electron chi connectivity index (χ4n) is 3.33. The Kier molecular flexibility index (Phi) is 6.28. The van der Waals surface area contributed by atoms with Gasteiger partial charge in [-0.05, 0) is 38.3 Å². The Morgan fingerprint density at radius 2 is 1.77 bits per heavy atom. The first kappa shape index (κ1) is 20.2. The highest BCUT2D eigenvalue weighted by molar-refractivity contribution is 7.92. The van der Waals surface area contributed by atoms with Crippen molar-refractivity contribution in [3.8, 4) is 0 Å². The van der Waals surface area contributed by atoms with Gasteiger partial charge < -0.3 is 10.6 Å². The normalized spacial score (nSPS) is 17.0. The maximum Gasteiger partial charge on any atom is 0.246 e. The van der Waals surface area contributed by atoms with Gasteiger partial charge in [0.1, 0.15) is 6.04 Å². The fraction of sp³-hybridized carbons (Fsp3) is 0.556. The van der Waals surface area contributed by atoms with Crippen molar-refractivity contribution in [2.75, 3.05) is 23.7 Å². The minimum absolute atomic E-state index is 0.220. The van der Waals surface area contributed by atoms with E-state index in [0.29, 0.717) is 38.0 Å². The molecule has 1 atom stereocenters. The first-order valence-electron chi connectivity index (χ1n) is 8.79. The molecular weight excluding hydrogens is 354 g/mol. The average molecular weight is 381 g/mol. The van der Waals surface area contributed by atoms with Crippen LogP contribution in [0.4, 0.5) is 5.69 Å². The molecule has 0 aromatic heterocycles. The largest absolute Gasteiger partial charge is 0.369 e. The number of aryl methyl sites for hydroxylation is 1. The van der Waals surface area contributed by atoms with E-state index in [2.05, 4.69) is 0 Å². The summed E-state index contributed by atoms with van der Waals surface area (Å²) in [6.07, 6.45) is 2.50. The van der Waals surface area contributed by atoms with Crippen LogP contribution < -0.4 is 10.0 Å². The van der Waals surface area contributed by atoms with E-state index < -0.39 is 16.1 Å². The third kappa shape index (κ3) is 4.55. The van der Waals surface area contributed by atoms with E-state index in [1.54, 1.807) is 24.0 Å². The van der Waals surface area contributed by atoms with Crippen molar-refractivity contribution in [2.45, 2.75) is 39.2 Å². The molecule has 1 aliphatic heterocycles. The molecule has 0 saturated carbocycles. The summed E-state index contributed by atoms with van der Waals surface area (Å²) < 4.78 is 26.1. The molecule has 1 aromatic carbocycles. The number of nitrogens with two attached hydrogens (primary N) is 1. The highest BCUT2D eigenvalue weighted by atomic mass is 32.2. The molecule has 26 heavy (non-hydrogen) atoms. The number of likely N-dealkylation sites (tertiary alicyclic amines) is 1. The second-order valence-electron chi connectivity index (χ2n) is 6.82. The Morgan fingerprint density at radius 1 is 1.23 bits per heavy atom. The van der Waals surface area contributed by atoms with Crippen molar-refractivity contribution in [3.63, 3.8) is 0 Å². The Labute approximate surface area is 155 Å². The van der Waals surface area contributed by atoms with Gasteiger partial charge in [-0.15, -0.1) is 0 Å². The van der Waals surface area contributed by atoms with Crippen molar-refractivity contribution in [1.29, 1.82) is 0 Å². The first-order chi connectivity index (χ1) is 12.1. The lowest BCUT2D eigenvalue weighted by Crippen LogP contribution is -2.53. The predicted octanol–water partition coefficient (Wildman–Crippen LogP) is 1.26. The molecule has 0 bridgehead atoms. The molecule has 0 unspecified atom stereocenters. The van der Waals surface area contributed by atoms with Crippen molar-refractivity contribution >= 4 is 27.5 Å². The third-order valence-corrected chi connectivity index (χ3v) is 5.99. The fourth-order valence-corrected chi connectivity index (χ4v) is 4.54. The standard InChI is InChI=1S/C18H27N3O4S/c1-4-16(18(23)20-11-9-14(10-12-20)17(19)22)21(26(3,24)25)15-7-5-13(2)6-8-15/h5-8,14,16H,4,9-12H2,1-3H3,(H2,19,22)/t16-/m1/s1. The number of hydrogen-bond acceptors (Lipinski definition) is 4. The van der Waals surface area contributed by atoms with Gasteiger partial charge in [-0.2, -0.15) is 0 Å². The number of piperidine rings is 1. The van der Waals surface area contributed by atoms with Crippen LogP contribution in [0.25, 0.3) is 0 Å². The lowest BCUT2D eigenvalue weighted by atomic mass is 9.95. The van der Waals surface area contributed by atoms with Crippen LogP contribution >= 0.6 is 0 Å². The van der Waals surface area contributed by atoms with E-state index in [4.69, 9.17) is 5.73 Å². The average Bonchev–Trinajstić information content (AvgIpc) is 2.59. The van der Waals surface area contributed by atoms with Crippen molar-refractivity contribution in [3.05, 3.63) is 29.8 Å². The van der Waals surface area contributed by atoms with Gasteiger partial charge >= 0.3 is 0 Å². The quantitative estimate of drug-likeness (QED) is 0.802. The molecule has 1 aliphatic rings. The van der Waals surface area contributed by atoms with E-state index in [1.165, 1.54) is 4.31 Å². The summed E-state index contributed by atoms with van der Waals surface area (Å²) in [5.74, 6) is -0.801. The predicted molar refractivity (Wildman–Crippen MR) is 101 cm³/mol. The summed E-state index contributed by atoms with van der Waals surface area (Å²) in [7, 11) is -3.64. The number of nitrogens with zero attached hydrogens (tertiary/aromatic N) is 2. The molecule has 1 saturated heterocycles. The Balaban J connectivity index is 2.26. The zero-order chi connectivity index (χ0) is 19.5. The second kappa shape index (κ2) is 8.07. The number of amides is 2. The van der Waals surface area contributed by atoms with E-state index in [0.717, 1.165) is 11.8 Å². The summed E-state index contributed by atoms with van der Waals surface area (Å²) in [6.45, 7) is 4.54. The molecule has 2 amide bonds. The topological polar surface area (TPSA) is 101 Å². The molecule has 7 nitrogen and oxygen atoms in total. The van der Waals surface area contributed by atoms with E-state index in [1.807, 2.05) is 19.1 Å². The lowest BCUT2D eigenvalue weighted by Gasteiger charge is -2.37. The Hall–Kier alpha value is -2.09. The molecule has 1 heterocycles. The zero-order valence-electron chi connectivity index (χ0n) is 15.5. The lowest BCUT2D eigenvalue weighted by molar-refractivity contribution is -0.135. The van der Waals surface area contributed by atoms with Gasteiger partial charge in [0.05, 0.1) is 11.9 Å². The summed E-state index contributed by atoms with van der Waals surface area (Å²) in [5.41, 5.74) is 6.82. The van der Waals surface area contributed by atoms with Gasteiger partial charge in [0.2, 0.25) is 21.8 Å². The minimum Gasteiger partial charge on any atom is -0.369 e. The Bertz CT molecular complexity index is 753. The maximum absolute atomic E-state index is 13.0. The van der Waals surface area contributed by atoms with Gasteiger partial charge in [0.15, 0.2) is 0 Å². The van der Waals surface area contributed by atoms with E-state index >= 15 is 0 Å². The van der Waals surface area contributed by atoms with Crippen LogP contribution in [0.1, 0.15) is 31.7 Å². The first-order valence-corrected chi connectivity index (χ1v) is 10.6. The number of hydrogen-bond donors (Lipinski definition) is 1. The molecule has 2 N–H and O–H groups in total. The SMILES string of the molecule is CC[C@H](C(=O)N1CCC(C(N)=O)CC1)N(c1ccc(C)cc1)S(C)(=O)=O. The third-order valence-electron chi connectivity index (χ3n) is 4.81. The van der Waals surface area contributed by atoms with Crippen LogP contribution in [-0.4, -0.2) is 50.5 Å². The maximum atomic E-state index is 13.0. The molecule has 0 spiro atoms. The highest BCUT2D eigenvalue weighted by Gasteiger charge is 2.36. The molecule has 0 radical (unpaired) electrons. The number of carbonyl (C=O) groups excluding carboxylic acids is 2. The van der Waals surface area contributed by atoms with Crippen LogP contribution in [-0.2, 0) is 19.6 Å². The number of carbonyl (C=O) groups is 2. The van der Waals surface area contributed by atoms with Gasteiger partial charge in [-0.25, -0.2) is 8.42 Å². The number of anilines is 1.